The molecule has 1 aromatic rings. The average molecular weight is 355 g/mol. The summed E-state index contributed by atoms with van der Waals surface area (Å²) in [4.78, 5) is 12.8. The Morgan fingerprint density at radius 1 is 1.35 bits per heavy atom. The summed E-state index contributed by atoms with van der Waals surface area (Å²) in [6.45, 7) is 3.29. The van der Waals surface area contributed by atoms with Gasteiger partial charge in [-0.2, -0.15) is 4.31 Å². The van der Waals surface area contributed by atoms with Crippen molar-refractivity contribution < 1.29 is 13.2 Å². The molecule has 6 nitrogen and oxygen atoms in total. The van der Waals surface area contributed by atoms with Crippen molar-refractivity contribution in [2.75, 3.05) is 32.7 Å². The highest BCUT2D eigenvalue weighted by Gasteiger charge is 2.31. The minimum Gasteiger partial charge on any atom is -0.348 e. The smallest absolute Gasteiger partial charge is 0.263 e. The van der Waals surface area contributed by atoms with Crippen LogP contribution >= 0.6 is 11.3 Å². The molecule has 0 unspecified atom stereocenters. The Labute approximate surface area is 140 Å². The van der Waals surface area contributed by atoms with Gasteiger partial charge in [-0.1, -0.05) is 11.6 Å². The van der Waals surface area contributed by atoms with Crippen LogP contribution in [0.2, 0.25) is 0 Å². The lowest BCUT2D eigenvalue weighted by atomic mass is 10.1. The molecule has 2 aliphatic heterocycles. The van der Waals surface area contributed by atoms with Gasteiger partial charge in [0, 0.05) is 26.2 Å². The van der Waals surface area contributed by atoms with Gasteiger partial charge in [0.25, 0.3) is 5.91 Å². The van der Waals surface area contributed by atoms with E-state index in [0.717, 1.165) is 32.4 Å². The molecule has 0 saturated carbocycles. The number of hydrogen-bond donors (Lipinski definition) is 2. The highest BCUT2D eigenvalue weighted by Crippen LogP contribution is 2.27. The second kappa shape index (κ2) is 7.12. The Morgan fingerprint density at radius 3 is 2.83 bits per heavy atom. The Balaban J connectivity index is 1.72. The van der Waals surface area contributed by atoms with Crippen molar-refractivity contribution in [1.82, 2.24) is 14.9 Å². The van der Waals surface area contributed by atoms with Crippen LogP contribution in [0.4, 0.5) is 0 Å². The summed E-state index contributed by atoms with van der Waals surface area (Å²) in [5.74, 6) is -0.308. The highest BCUT2D eigenvalue weighted by molar-refractivity contribution is 7.89. The molecule has 2 aliphatic rings. The molecule has 1 amide bonds. The topological polar surface area (TPSA) is 78.5 Å². The van der Waals surface area contributed by atoms with Gasteiger partial charge in [0.2, 0.25) is 10.0 Å². The molecule has 2 N–H and O–H groups in total. The maximum atomic E-state index is 12.7. The number of amides is 1. The molecule has 1 aromatic heterocycles. The van der Waals surface area contributed by atoms with Gasteiger partial charge in [0.05, 0.1) is 0 Å². The number of nitrogens with one attached hydrogen (secondary N) is 2. The monoisotopic (exact) mass is 355 g/mol. The Kier molecular flexibility index (Phi) is 5.15. The van der Waals surface area contributed by atoms with E-state index < -0.39 is 10.0 Å². The molecular weight excluding hydrogens is 334 g/mol. The van der Waals surface area contributed by atoms with Gasteiger partial charge in [-0.25, -0.2) is 8.42 Å². The van der Waals surface area contributed by atoms with E-state index in [9.17, 15) is 13.2 Å². The first-order valence-corrected chi connectivity index (χ1v) is 10.2. The minimum atomic E-state index is -3.56. The molecular formula is C15H21N3O3S2. The second-order valence-electron chi connectivity index (χ2n) is 5.72. The van der Waals surface area contributed by atoms with Gasteiger partial charge in [-0.05, 0) is 37.3 Å². The molecule has 3 heterocycles. The number of thiophene rings is 1. The molecule has 1 fully saturated rings. The van der Waals surface area contributed by atoms with Crippen LogP contribution in [0.25, 0.3) is 0 Å². The zero-order chi connectivity index (χ0) is 16.3. The van der Waals surface area contributed by atoms with E-state index in [0.29, 0.717) is 19.6 Å². The van der Waals surface area contributed by atoms with E-state index in [1.54, 1.807) is 5.38 Å². The average Bonchev–Trinajstić information content (AvgIpc) is 3.25. The quantitative estimate of drug-likeness (QED) is 0.778. The van der Waals surface area contributed by atoms with Gasteiger partial charge >= 0.3 is 0 Å². The maximum Gasteiger partial charge on any atom is 0.263 e. The van der Waals surface area contributed by atoms with Crippen LogP contribution in [0.1, 0.15) is 28.9 Å². The van der Waals surface area contributed by atoms with E-state index in [-0.39, 0.29) is 15.7 Å². The van der Waals surface area contributed by atoms with Crippen LogP contribution in [-0.2, 0) is 10.0 Å². The van der Waals surface area contributed by atoms with Crippen molar-refractivity contribution in [2.45, 2.75) is 24.2 Å². The first-order chi connectivity index (χ1) is 11.1. The van der Waals surface area contributed by atoms with Gasteiger partial charge < -0.3 is 10.6 Å². The lowest BCUT2D eigenvalue weighted by Crippen LogP contribution is -2.32. The number of hydrogen-bond acceptors (Lipinski definition) is 5. The fourth-order valence-electron chi connectivity index (χ4n) is 2.84. The third-order valence-electron chi connectivity index (χ3n) is 4.15. The number of nitrogens with zero attached hydrogens (tertiary/aromatic N) is 1. The summed E-state index contributed by atoms with van der Waals surface area (Å²) in [7, 11) is -3.56. The predicted octanol–water partition coefficient (Wildman–Crippen LogP) is 1.18. The van der Waals surface area contributed by atoms with E-state index in [1.807, 2.05) is 0 Å². The van der Waals surface area contributed by atoms with Crippen LogP contribution in [0, 0.1) is 0 Å². The van der Waals surface area contributed by atoms with Crippen LogP contribution < -0.4 is 10.6 Å². The molecule has 126 valence electrons. The van der Waals surface area contributed by atoms with Crippen LogP contribution in [0.3, 0.4) is 0 Å². The van der Waals surface area contributed by atoms with Gasteiger partial charge in [0.15, 0.2) is 0 Å². The molecule has 0 atom stereocenters. The third-order valence-corrected chi connectivity index (χ3v) is 7.14. The zero-order valence-electron chi connectivity index (χ0n) is 12.9. The Morgan fingerprint density at radius 2 is 2.13 bits per heavy atom. The van der Waals surface area contributed by atoms with Crippen LogP contribution in [-0.4, -0.2) is 51.4 Å². The summed E-state index contributed by atoms with van der Waals surface area (Å²) < 4.78 is 26.8. The van der Waals surface area contributed by atoms with Crippen molar-refractivity contribution in [1.29, 1.82) is 0 Å². The molecule has 0 aliphatic carbocycles. The third kappa shape index (κ3) is 3.65. The van der Waals surface area contributed by atoms with Crippen molar-refractivity contribution >= 4 is 27.3 Å². The molecule has 3 rings (SSSR count). The largest absolute Gasteiger partial charge is 0.348 e. The van der Waals surface area contributed by atoms with E-state index in [1.165, 1.54) is 27.3 Å². The van der Waals surface area contributed by atoms with Gasteiger partial charge in [-0.15, -0.1) is 11.3 Å². The summed E-state index contributed by atoms with van der Waals surface area (Å²) in [5.41, 5.74) is 1.18. The summed E-state index contributed by atoms with van der Waals surface area (Å²) in [5, 5.41) is 7.74. The molecule has 0 spiro atoms. The van der Waals surface area contributed by atoms with Crippen molar-refractivity contribution in [3.8, 4) is 0 Å². The van der Waals surface area contributed by atoms with Gasteiger partial charge in [-0.3, -0.25) is 4.79 Å². The lowest BCUT2D eigenvalue weighted by molar-refractivity contribution is 0.0957. The normalized spacial score (nSPS) is 19.6. The number of carbonyl (C=O) groups is 1. The zero-order valence-corrected chi connectivity index (χ0v) is 14.5. The summed E-state index contributed by atoms with van der Waals surface area (Å²) in [6, 6.07) is 1.54. The van der Waals surface area contributed by atoms with E-state index in [2.05, 4.69) is 16.7 Å². The van der Waals surface area contributed by atoms with Crippen molar-refractivity contribution in [2.24, 2.45) is 0 Å². The van der Waals surface area contributed by atoms with Crippen LogP contribution in [0.5, 0.6) is 0 Å². The first-order valence-electron chi connectivity index (χ1n) is 7.83. The molecule has 0 bridgehead atoms. The Hall–Kier alpha value is -1.22. The maximum absolute atomic E-state index is 12.7. The predicted molar refractivity (Wildman–Crippen MR) is 90.2 cm³/mol. The number of carbonyl (C=O) groups excluding carboxylic acids is 1. The highest BCUT2D eigenvalue weighted by atomic mass is 32.2. The molecule has 1 saturated heterocycles. The van der Waals surface area contributed by atoms with E-state index >= 15 is 0 Å². The van der Waals surface area contributed by atoms with Gasteiger partial charge in [0.1, 0.15) is 9.77 Å². The SMILES string of the molecule is O=C(NCC1=CCNCC1)c1sccc1S(=O)(=O)N1CCCC1. The fourth-order valence-corrected chi connectivity index (χ4v) is 5.67. The molecule has 0 aromatic carbocycles. The first kappa shape index (κ1) is 16.6. The van der Waals surface area contributed by atoms with Crippen molar-refractivity contribution in [3.63, 3.8) is 0 Å². The summed E-state index contributed by atoms with van der Waals surface area (Å²) >= 11 is 1.18. The summed E-state index contributed by atoms with van der Waals surface area (Å²) in [6.07, 6.45) is 4.74. The minimum absolute atomic E-state index is 0.140. The number of sulfonamides is 1. The molecule has 23 heavy (non-hydrogen) atoms. The van der Waals surface area contributed by atoms with E-state index in [4.69, 9.17) is 0 Å². The second-order valence-corrected chi connectivity index (χ2v) is 8.55. The van der Waals surface area contributed by atoms with Crippen LogP contribution in [0.15, 0.2) is 28.0 Å². The lowest BCUT2D eigenvalue weighted by Gasteiger charge is -2.16. The molecule has 8 heteroatoms. The Bertz CT molecular complexity index is 703. The van der Waals surface area contributed by atoms with Crippen molar-refractivity contribution in [3.05, 3.63) is 28.0 Å². The fraction of sp³-hybridized carbons (Fsp3) is 0.533. The number of rotatable bonds is 5. The standard InChI is InChI=1S/C15H21N3O3S2/c19-15(17-11-12-3-6-16-7-4-12)14-13(5-10-22-14)23(20,21)18-8-1-2-9-18/h3,5,10,16H,1-2,4,6-9,11H2,(H,17,19). The molecule has 0 radical (unpaired) electrons.